The molecule has 0 heterocycles. The van der Waals surface area contributed by atoms with Gasteiger partial charge in [-0.25, -0.2) is 4.79 Å². The van der Waals surface area contributed by atoms with Crippen LogP contribution in [0, 0.1) is 0 Å². The summed E-state index contributed by atoms with van der Waals surface area (Å²) in [7, 11) is 2.98. The molecule has 0 unspecified atom stereocenters. The molecule has 0 atom stereocenters. The Bertz CT molecular complexity index is 686. The first kappa shape index (κ1) is 28.9. The molecule has 2 N–H and O–H groups in total. The van der Waals surface area contributed by atoms with Crippen molar-refractivity contribution < 1.29 is 29.2 Å². The minimum Gasteiger partial charge on any atom is -0.504 e. The molecule has 190 valence electrons. The van der Waals surface area contributed by atoms with Gasteiger partial charge in [0.15, 0.2) is 11.5 Å². The van der Waals surface area contributed by atoms with Crippen molar-refractivity contribution in [3.05, 3.63) is 11.1 Å². The number of methoxy groups -OCH3 is 2. The van der Waals surface area contributed by atoms with Gasteiger partial charge in [-0.3, -0.25) is 0 Å². The van der Waals surface area contributed by atoms with Crippen LogP contribution in [0.3, 0.4) is 0 Å². The van der Waals surface area contributed by atoms with E-state index in [2.05, 4.69) is 13.8 Å². The van der Waals surface area contributed by atoms with Crippen molar-refractivity contribution in [3.8, 4) is 23.0 Å². The van der Waals surface area contributed by atoms with Crippen LogP contribution >= 0.6 is 0 Å². The lowest BCUT2D eigenvalue weighted by Crippen LogP contribution is -2.09. The normalized spacial score (nSPS) is 10.9. The van der Waals surface area contributed by atoms with Crippen molar-refractivity contribution in [2.45, 2.75) is 117 Å². The van der Waals surface area contributed by atoms with E-state index in [1.165, 1.54) is 71.3 Å². The summed E-state index contributed by atoms with van der Waals surface area (Å²) in [5, 5.41) is 20.2. The van der Waals surface area contributed by atoms with E-state index in [9.17, 15) is 15.0 Å². The monoisotopic (exact) mass is 466 g/mol. The quantitative estimate of drug-likeness (QED) is 0.122. The maximum atomic E-state index is 11.3. The molecule has 33 heavy (non-hydrogen) atoms. The van der Waals surface area contributed by atoms with Crippen LogP contribution in [0.1, 0.15) is 115 Å². The minimum atomic E-state index is -1.49. The molecule has 0 amide bonds. The summed E-state index contributed by atoms with van der Waals surface area (Å²) in [5.74, 6) is 0.288. The average molecular weight is 467 g/mol. The molecule has 0 bridgehead atoms. The molecule has 0 aromatic heterocycles. The first-order chi connectivity index (χ1) is 16.0. The van der Waals surface area contributed by atoms with Gasteiger partial charge < -0.3 is 24.4 Å². The number of aromatic hydroxyl groups is 1. The maximum Gasteiger partial charge on any atom is 0.511 e. The molecule has 0 radical (unpaired) electrons. The van der Waals surface area contributed by atoms with Gasteiger partial charge in [0, 0.05) is 11.1 Å². The van der Waals surface area contributed by atoms with E-state index in [0.717, 1.165) is 43.2 Å². The van der Waals surface area contributed by atoms with E-state index in [-0.39, 0.29) is 17.2 Å². The van der Waals surface area contributed by atoms with Crippen LogP contribution < -0.4 is 14.2 Å². The van der Waals surface area contributed by atoms with Crippen LogP contribution in [0.4, 0.5) is 4.79 Å². The molecule has 0 fully saturated rings. The van der Waals surface area contributed by atoms with E-state index < -0.39 is 6.16 Å². The van der Waals surface area contributed by atoms with Gasteiger partial charge in [0.05, 0.1) is 14.2 Å². The predicted octanol–water partition coefficient (Wildman–Crippen LogP) is 8.05. The van der Waals surface area contributed by atoms with Crippen molar-refractivity contribution >= 4 is 6.16 Å². The molecule has 1 rings (SSSR count). The molecule has 6 nitrogen and oxygen atoms in total. The van der Waals surface area contributed by atoms with Crippen LogP contribution in [0.15, 0.2) is 0 Å². The van der Waals surface area contributed by atoms with E-state index in [4.69, 9.17) is 14.2 Å². The smallest absolute Gasteiger partial charge is 0.504 e. The van der Waals surface area contributed by atoms with Gasteiger partial charge in [0.1, 0.15) is 0 Å². The number of ether oxygens (including phenoxy) is 3. The van der Waals surface area contributed by atoms with Crippen molar-refractivity contribution in [1.29, 1.82) is 0 Å². The second-order valence-corrected chi connectivity index (χ2v) is 8.81. The Morgan fingerprint density at radius 2 is 1.06 bits per heavy atom. The van der Waals surface area contributed by atoms with Crippen LogP contribution in [0.5, 0.6) is 23.0 Å². The lowest BCUT2D eigenvalue weighted by molar-refractivity contribution is 0.140. The summed E-state index contributed by atoms with van der Waals surface area (Å²) in [6, 6.07) is 0. The lowest BCUT2D eigenvalue weighted by atomic mass is 9.93. The van der Waals surface area contributed by atoms with E-state index in [1.807, 2.05) is 0 Å². The number of phenolic OH excluding ortho intramolecular Hbond substituents is 1. The number of rotatable bonds is 19. The van der Waals surface area contributed by atoms with Gasteiger partial charge >= 0.3 is 6.16 Å². The first-order valence-corrected chi connectivity index (χ1v) is 12.9. The summed E-state index contributed by atoms with van der Waals surface area (Å²) < 4.78 is 16.0. The maximum absolute atomic E-state index is 11.3. The minimum absolute atomic E-state index is 0.138. The molecule has 6 heteroatoms. The number of carbonyl (C=O) groups is 1. The second kappa shape index (κ2) is 17.4. The molecule has 0 spiro atoms. The SMILES string of the molecule is CCCCCCCCCc1c(O)c(OC(=O)O)c(OC)c(OC)c1CCCCCCCCC. The van der Waals surface area contributed by atoms with Crippen molar-refractivity contribution in [2.75, 3.05) is 14.2 Å². The molecule has 0 saturated carbocycles. The Morgan fingerprint density at radius 1 is 0.636 bits per heavy atom. The third-order valence-electron chi connectivity index (χ3n) is 6.21. The first-order valence-electron chi connectivity index (χ1n) is 12.9. The number of unbranched alkanes of at least 4 members (excludes halogenated alkanes) is 12. The zero-order chi connectivity index (χ0) is 24.5. The Kier molecular flexibility index (Phi) is 15.2. The average Bonchev–Trinajstić information content (AvgIpc) is 2.80. The fourth-order valence-electron chi connectivity index (χ4n) is 4.40. The third-order valence-corrected chi connectivity index (χ3v) is 6.21. The Morgan fingerprint density at radius 3 is 1.48 bits per heavy atom. The van der Waals surface area contributed by atoms with Crippen molar-refractivity contribution in [3.63, 3.8) is 0 Å². The predicted molar refractivity (Wildman–Crippen MR) is 133 cm³/mol. The topological polar surface area (TPSA) is 85.2 Å². The van der Waals surface area contributed by atoms with Gasteiger partial charge in [-0.1, -0.05) is 90.9 Å². The molecule has 0 aliphatic heterocycles. The Hall–Kier alpha value is -2.11. The highest BCUT2D eigenvalue weighted by Crippen LogP contribution is 2.50. The van der Waals surface area contributed by atoms with Gasteiger partial charge in [-0.05, 0) is 25.7 Å². The van der Waals surface area contributed by atoms with Crippen LogP contribution in [-0.4, -0.2) is 30.6 Å². The number of carboxylic acid groups (broad SMARTS) is 1. The highest BCUT2D eigenvalue weighted by Gasteiger charge is 2.27. The summed E-state index contributed by atoms with van der Waals surface area (Å²) >= 11 is 0. The molecular formula is C27H46O6. The fourth-order valence-corrected chi connectivity index (χ4v) is 4.40. The molecule has 1 aromatic carbocycles. The highest BCUT2D eigenvalue weighted by atomic mass is 16.7. The summed E-state index contributed by atoms with van der Waals surface area (Å²) in [4.78, 5) is 11.3. The zero-order valence-electron chi connectivity index (χ0n) is 21.3. The highest BCUT2D eigenvalue weighted by molar-refractivity contribution is 5.72. The lowest BCUT2D eigenvalue weighted by Gasteiger charge is -2.21. The Balaban J connectivity index is 3.02. The molecule has 0 aliphatic carbocycles. The summed E-state index contributed by atoms with van der Waals surface area (Å²) in [6.45, 7) is 4.43. The second-order valence-electron chi connectivity index (χ2n) is 8.81. The number of hydrogen-bond donors (Lipinski definition) is 2. The fraction of sp³-hybridized carbons (Fsp3) is 0.741. The number of benzene rings is 1. The zero-order valence-corrected chi connectivity index (χ0v) is 21.3. The van der Waals surface area contributed by atoms with Crippen molar-refractivity contribution in [2.24, 2.45) is 0 Å². The number of phenols is 1. The van der Waals surface area contributed by atoms with Crippen LogP contribution in [-0.2, 0) is 12.8 Å². The molecule has 1 aromatic rings. The van der Waals surface area contributed by atoms with Gasteiger partial charge in [-0.2, -0.15) is 0 Å². The van der Waals surface area contributed by atoms with Crippen LogP contribution in [0.2, 0.25) is 0 Å². The largest absolute Gasteiger partial charge is 0.511 e. The van der Waals surface area contributed by atoms with Gasteiger partial charge in [0.2, 0.25) is 11.5 Å². The van der Waals surface area contributed by atoms with E-state index in [0.29, 0.717) is 12.2 Å². The molecular weight excluding hydrogens is 420 g/mol. The van der Waals surface area contributed by atoms with Crippen molar-refractivity contribution in [1.82, 2.24) is 0 Å². The third kappa shape index (κ3) is 10.1. The van der Waals surface area contributed by atoms with Gasteiger partial charge in [-0.15, -0.1) is 0 Å². The Labute approximate surface area is 200 Å². The molecule has 0 saturated heterocycles. The van der Waals surface area contributed by atoms with Crippen LogP contribution in [0.25, 0.3) is 0 Å². The van der Waals surface area contributed by atoms with E-state index in [1.54, 1.807) is 7.11 Å². The summed E-state index contributed by atoms with van der Waals surface area (Å²) in [6.07, 6.45) is 16.4. The van der Waals surface area contributed by atoms with E-state index >= 15 is 0 Å². The summed E-state index contributed by atoms with van der Waals surface area (Å²) in [5.41, 5.74) is 1.63. The number of hydrogen-bond acceptors (Lipinski definition) is 5. The standard InChI is InChI=1S/C27H46O6/c1-5-7-9-11-13-15-17-19-21-22(20-18-16-14-12-10-8-6-2)24(31-3)26(32-4)25(23(21)28)33-27(29)30/h28H,5-20H2,1-4H3,(H,29,30). The van der Waals surface area contributed by atoms with Gasteiger partial charge in [0.25, 0.3) is 0 Å². The molecule has 0 aliphatic rings.